The Hall–Kier alpha value is -1.96. The van der Waals surface area contributed by atoms with Crippen LogP contribution in [0.5, 0.6) is 0 Å². The molecule has 0 amide bonds. The lowest BCUT2D eigenvalue weighted by Gasteiger charge is -2.32. The molecule has 0 aliphatic carbocycles. The van der Waals surface area contributed by atoms with E-state index < -0.39 is 22.0 Å². The van der Waals surface area contributed by atoms with Crippen molar-refractivity contribution in [1.82, 2.24) is 0 Å². The molecule has 2 atom stereocenters. The zero-order chi connectivity index (χ0) is 17.2. The molecular weight excluding hydrogens is 344 g/mol. The van der Waals surface area contributed by atoms with Gasteiger partial charge in [-0.3, -0.25) is 0 Å². The van der Waals surface area contributed by atoms with Crippen LogP contribution in [0.25, 0.3) is 0 Å². The van der Waals surface area contributed by atoms with Crippen molar-refractivity contribution in [3.05, 3.63) is 60.7 Å². The number of hydrogen-bond donors (Lipinski definition) is 2. The van der Waals surface area contributed by atoms with E-state index in [2.05, 4.69) is 5.32 Å². The van der Waals surface area contributed by atoms with Crippen molar-refractivity contribution in [1.29, 1.82) is 0 Å². The van der Waals surface area contributed by atoms with Gasteiger partial charge in [-0.05, 0) is 36.5 Å². The van der Waals surface area contributed by atoms with E-state index in [0.717, 1.165) is 11.4 Å². The van der Waals surface area contributed by atoms with Gasteiger partial charge in [0.2, 0.25) is 0 Å². The van der Waals surface area contributed by atoms with Crippen LogP contribution in [0.2, 0.25) is 0 Å². The molecule has 1 aliphatic rings. The van der Waals surface area contributed by atoms with Crippen molar-refractivity contribution in [3.8, 4) is 0 Å². The van der Waals surface area contributed by atoms with Gasteiger partial charge < -0.3 is 15.3 Å². The molecule has 1 fully saturated rings. The fourth-order valence-electron chi connectivity index (χ4n) is 2.81. The van der Waals surface area contributed by atoms with Crippen LogP contribution < -0.4 is 10.2 Å². The van der Waals surface area contributed by atoms with Gasteiger partial charge in [0.25, 0.3) is 0 Å². The highest BCUT2D eigenvalue weighted by Gasteiger charge is 2.41. The van der Waals surface area contributed by atoms with E-state index in [4.69, 9.17) is 12.2 Å². The monoisotopic (exact) mass is 362 g/mol. The van der Waals surface area contributed by atoms with Crippen LogP contribution in [0.15, 0.2) is 60.7 Å². The molecule has 1 saturated heterocycles. The molecule has 1 aliphatic heterocycles. The molecule has 0 bridgehead atoms. The van der Waals surface area contributed by atoms with Gasteiger partial charge in [-0.15, -0.1) is 0 Å². The number of thiocarbonyl (C=S) groups is 1. The van der Waals surface area contributed by atoms with Crippen LogP contribution >= 0.6 is 12.2 Å². The molecule has 2 N–H and O–H groups in total. The number of rotatable bonds is 3. The highest BCUT2D eigenvalue weighted by atomic mass is 32.2. The van der Waals surface area contributed by atoms with Gasteiger partial charge >= 0.3 is 0 Å². The average Bonchev–Trinajstić information content (AvgIpc) is 2.82. The van der Waals surface area contributed by atoms with Crippen LogP contribution in [0.4, 0.5) is 11.4 Å². The summed E-state index contributed by atoms with van der Waals surface area (Å²) in [6.07, 6.45) is -0.981. The maximum atomic E-state index is 11.9. The number of aliphatic hydroxyl groups excluding tert-OH is 1. The summed E-state index contributed by atoms with van der Waals surface area (Å²) < 4.78 is 23.8. The molecule has 24 heavy (non-hydrogen) atoms. The number of nitrogens with one attached hydrogen (secondary N) is 1. The normalized spacial score (nSPS) is 22.0. The minimum absolute atomic E-state index is 0.125. The summed E-state index contributed by atoms with van der Waals surface area (Å²) in [4.78, 5) is 1.69. The smallest absolute Gasteiger partial charge is 0.178 e. The molecule has 3 rings (SSSR count). The fourth-order valence-corrected chi connectivity index (χ4v) is 4.94. The van der Waals surface area contributed by atoms with Crippen molar-refractivity contribution < 1.29 is 13.5 Å². The topological polar surface area (TPSA) is 69.6 Å². The van der Waals surface area contributed by atoms with E-state index in [9.17, 15) is 13.5 Å². The minimum Gasteiger partial charge on any atom is -0.390 e. The van der Waals surface area contributed by atoms with Crippen LogP contribution in [0.3, 0.4) is 0 Å². The van der Waals surface area contributed by atoms with E-state index in [1.54, 1.807) is 4.90 Å². The zero-order valence-corrected chi connectivity index (χ0v) is 14.5. The van der Waals surface area contributed by atoms with Crippen molar-refractivity contribution in [2.45, 2.75) is 12.1 Å². The zero-order valence-electron chi connectivity index (χ0n) is 12.9. The molecule has 126 valence electrons. The van der Waals surface area contributed by atoms with Gasteiger partial charge in [0, 0.05) is 11.4 Å². The number of sulfone groups is 1. The van der Waals surface area contributed by atoms with Gasteiger partial charge in [-0.2, -0.15) is 0 Å². The molecule has 7 heteroatoms. The van der Waals surface area contributed by atoms with Crippen molar-refractivity contribution in [2.75, 3.05) is 21.7 Å². The summed E-state index contributed by atoms with van der Waals surface area (Å²) in [5.41, 5.74) is 1.55. The van der Waals surface area contributed by atoms with Gasteiger partial charge in [-0.1, -0.05) is 36.4 Å². The second-order valence-corrected chi connectivity index (χ2v) is 8.25. The summed E-state index contributed by atoms with van der Waals surface area (Å²) in [5, 5.41) is 13.7. The lowest BCUT2D eigenvalue weighted by Crippen LogP contribution is -2.48. The second kappa shape index (κ2) is 6.88. The highest BCUT2D eigenvalue weighted by molar-refractivity contribution is 7.91. The average molecular weight is 362 g/mol. The quantitative estimate of drug-likeness (QED) is 0.815. The molecule has 0 saturated carbocycles. The van der Waals surface area contributed by atoms with Crippen molar-refractivity contribution in [2.24, 2.45) is 0 Å². The Bertz CT molecular complexity index is 810. The molecule has 0 spiro atoms. The van der Waals surface area contributed by atoms with Gasteiger partial charge in [0.15, 0.2) is 14.9 Å². The summed E-state index contributed by atoms with van der Waals surface area (Å²) in [5.74, 6) is -0.366. The third kappa shape index (κ3) is 3.75. The molecule has 0 unspecified atom stereocenters. The third-order valence-corrected chi connectivity index (χ3v) is 5.90. The van der Waals surface area contributed by atoms with E-state index >= 15 is 0 Å². The van der Waals surface area contributed by atoms with E-state index in [-0.39, 0.29) is 11.5 Å². The van der Waals surface area contributed by atoms with Crippen LogP contribution in [-0.2, 0) is 9.84 Å². The minimum atomic E-state index is -3.28. The Labute approximate surface area is 146 Å². The maximum Gasteiger partial charge on any atom is 0.178 e. The standard InChI is InChI=1S/C17H18N2O3S2/c20-16-12-24(21,22)11-15(16)19(14-9-5-2-6-10-14)17(23)18-13-7-3-1-4-8-13/h1-10,15-16,20H,11-12H2,(H,18,23)/t15-,16-/m0/s1. The van der Waals surface area contributed by atoms with Crippen molar-refractivity contribution in [3.63, 3.8) is 0 Å². The first-order valence-corrected chi connectivity index (χ1v) is 9.78. The molecule has 2 aromatic rings. The molecule has 1 heterocycles. The summed E-state index contributed by atoms with van der Waals surface area (Å²) in [6.45, 7) is 0. The third-order valence-electron chi connectivity index (χ3n) is 3.90. The second-order valence-electron chi connectivity index (χ2n) is 5.71. The van der Waals surface area contributed by atoms with Gasteiger partial charge in [0.1, 0.15) is 0 Å². The summed E-state index contributed by atoms with van der Waals surface area (Å²) in [7, 11) is -3.28. The number of nitrogens with zero attached hydrogens (tertiary/aromatic N) is 1. The fraction of sp³-hybridized carbons (Fsp3) is 0.235. The Morgan fingerprint density at radius 3 is 2.17 bits per heavy atom. The van der Waals surface area contributed by atoms with Gasteiger partial charge in [-0.25, -0.2) is 8.42 Å². The first kappa shape index (κ1) is 16.9. The molecule has 0 aromatic heterocycles. The van der Waals surface area contributed by atoms with Crippen LogP contribution in [0.1, 0.15) is 0 Å². The highest BCUT2D eigenvalue weighted by Crippen LogP contribution is 2.26. The van der Waals surface area contributed by atoms with Crippen molar-refractivity contribution >= 4 is 38.5 Å². The Morgan fingerprint density at radius 2 is 1.62 bits per heavy atom. The first-order valence-electron chi connectivity index (χ1n) is 7.55. The lowest BCUT2D eigenvalue weighted by atomic mass is 10.1. The molecule has 2 aromatic carbocycles. The molecular formula is C17H18N2O3S2. The van der Waals surface area contributed by atoms with E-state index in [0.29, 0.717) is 5.11 Å². The molecule has 0 radical (unpaired) electrons. The largest absolute Gasteiger partial charge is 0.390 e. The van der Waals surface area contributed by atoms with E-state index in [1.165, 1.54) is 0 Å². The van der Waals surface area contributed by atoms with Gasteiger partial charge in [0.05, 0.1) is 23.7 Å². The number of anilines is 2. The number of hydrogen-bond acceptors (Lipinski definition) is 4. The Balaban J connectivity index is 1.92. The van der Waals surface area contributed by atoms with Crippen LogP contribution in [-0.4, -0.2) is 42.3 Å². The number of benzene rings is 2. The first-order chi connectivity index (χ1) is 11.5. The molecule has 5 nitrogen and oxygen atoms in total. The summed E-state index contributed by atoms with van der Waals surface area (Å²) in [6, 6.07) is 18.1. The number of aliphatic hydroxyl groups is 1. The number of para-hydroxylation sites is 2. The Kier molecular flexibility index (Phi) is 4.84. The SMILES string of the molecule is O=S1(=O)C[C@H](O)[C@@H](N(C(=S)Nc2ccccc2)c2ccccc2)C1. The van der Waals surface area contributed by atoms with Crippen LogP contribution in [0, 0.1) is 0 Å². The Morgan fingerprint density at radius 1 is 1.04 bits per heavy atom. The predicted molar refractivity (Wildman–Crippen MR) is 100 cm³/mol. The maximum absolute atomic E-state index is 11.9. The van der Waals surface area contributed by atoms with E-state index in [1.807, 2.05) is 60.7 Å². The lowest BCUT2D eigenvalue weighted by molar-refractivity contribution is 0.184. The predicted octanol–water partition coefficient (Wildman–Crippen LogP) is 2.05. The summed E-state index contributed by atoms with van der Waals surface area (Å²) >= 11 is 5.51.